The first kappa shape index (κ1) is 9.27. The van der Waals surface area contributed by atoms with Gasteiger partial charge >= 0.3 is 0 Å². The molecule has 0 atom stereocenters. The van der Waals surface area contributed by atoms with E-state index >= 15 is 0 Å². The lowest BCUT2D eigenvalue weighted by Crippen LogP contribution is -1.95. The summed E-state index contributed by atoms with van der Waals surface area (Å²) in [5.74, 6) is 0.163. The van der Waals surface area contributed by atoms with Crippen molar-refractivity contribution in [3.8, 4) is 11.3 Å². The molecule has 0 radical (unpaired) electrons. The zero-order valence-electron chi connectivity index (χ0n) is 8.37. The van der Waals surface area contributed by atoms with Crippen molar-refractivity contribution in [2.45, 2.75) is 12.8 Å². The zero-order chi connectivity index (χ0) is 11.1. The first-order chi connectivity index (χ1) is 7.77. The first-order valence-electron chi connectivity index (χ1n) is 5.04. The summed E-state index contributed by atoms with van der Waals surface area (Å²) in [4.78, 5) is 11.6. The maximum absolute atomic E-state index is 13.6. The number of benzene rings is 1. The van der Waals surface area contributed by atoms with Crippen LogP contribution >= 0.6 is 0 Å². The van der Waals surface area contributed by atoms with Gasteiger partial charge in [-0.05, 0) is 12.1 Å². The summed E-state index contributed by atoms with van der Waals surface area (Å²) in [7, 11) is 0. The van der Waals surface area contributed by atoms with E-state index in [1.165, 1.54) is 6.07 Å². The standard InChI is InChI=1S/C12H8FNO2/c13-8-4-2-1-3-7(8)12-11-9(15)5-6-10(11)16-14-12/h1-4H,5-6H2. The number of fused-ring (bicyclic) bond motifs is 1. The van der Waals surface area contributed by atoms with Crippen LogP contribution in [0.4, 0.5) is 4.39 Å². The van der Waals surface area contributed by atoms with E-state index in [1.807, 2.05) is 0 Å². The van der Waals surface area contributed by atoms with E-state index in [2.05, 4.69) is 5.16 Å². The van der Waals surface area contributed by atoms with Gasteiger partial charge in [-0.2, -0.15) is 0 Å². The molecule has 3 rings (SSSR count). The van der Waals surface area contributed by atoms with Crippen LogP contribution in [0.1, 0.15) is 22.5 Å². The number of halogens is 1. The predicted octanol–water partition coefficient (Wildman–Crippen LogP) is 2.61. The Morgan fingerprint density at radius 3 is 2.88 bits per heavy atom. The molecule has 16 heavy (non-hydrogen) atoms. The van der Waals surface area contributed by atoms with Crippen LogP contribution in [0, 0.1) is 5.82 Å². The van der Waals surface area contributed by atoms with Crippen LogP contribution in [-0.2, 0) is 6.42 Å². The number of Topliss-reactive ketones (excluding diaryl/α,β-unsaturated/α-hetero) is 1. The maximum Gasteiger partial charge on any atom is 0.169 e. The van der Waals surface area contributed by atoms with Gasteiger partial charge in [-0.15, -0.1) is 0 Å². The number of rotatable bonds is 1. The molecule has 1 aromatic carbocycles. The number of hydrogen-bond acceptors (Lipinski definition) is 3. The highest BCUT2D eigenvalue weighted by Gasteiger charge is 2.30. The van der Waals surface area contributed by atoms with Gasteiger partial charge in [0.1, 0.15) is 17.3 Å². The van der Waals surface area contributed by atoms with Crippen LogP contribution < -0.4 is 0 Å². The minimum atomic E-state index is -0.390. The van der Waals surface area contributed by atoms with Crippen LogP contribution in [0.2, 0.25) is 0 Å². The lowest BCUT2D eigenvalue weighted by molar-refractivity contribution is 0.0995. The lowest BCUT2D eigenvalue weighted by atomic mass is 10.1. The normalized spacial score (nSPS) is 14.2. The maximum atomic E-state index is 13.6. The highest BCUT2D eigenvalue weighted by molar-refractivity contribution is 6.04. The smallest absolute Gasteiger partial charge is 0.169 e. The molecule has 1 aliphatic rings. The quantitative estimate of drug-likeness (QED) is 0.737. The molecule has 1 aromatic heterocycles. The molecule has 0 saturated heterocycles. The molecular weight excluding hydrogens is 209 g/mol. The number of aromatic nitrogens is 1. The second-order valence-electron chi connectivity index (χ2n) is 3.73. The Bertz CT molecular complexity index is 574. The SMILES string of the molecule is O=C1CCc2onc(-c3ccccc3F)c21. The number of ketones is 1. The molecule has 80 valence electrons. The van der Waals surface area contributed by atoms with E-state index in [1.54, 1.807) is 18.2 Å². The van der Waals surface area contributed by atoms with Crippen LogP contribution in [-0.4, -0.2) is 10.9 Å². The summed E-state index contributed by atoms with van der Waals surface area (Å²) in [5.41, 5.74) is 1.10. The molecule has 1 aliphatic carbocycles. The third-order valence-corrected chi connectivity index (χ3v) is 2.75. The number of carbonyl (C=O) groups is 1. The fraction of sp³-hybridized carbons (Fsp3) is 0.167. The van der Waals surface area contributed by atoms with Crippen LogP contribution in [0.25, 0.3) is 11.3 Å². The molecule has 4 heteroatoms. The average molecular weight is 217 g/mol. The van der Waals surface area contributed by atoms with Gasteiger partial charge in [-0.25, -0.2) is 4.39 Å². The van der Waals surface area contributed by atoms with Gasteiger partial charge in [0.15, 0.2) is 5.78 Å². The topological polar surface area (TPSA) is 43.1 Å². The highest BCUT2D eigenvalue weighted by Crippen LogP contribution is 2.32. The van der Waals surface area contributed by atoms with Gasteiger partial charge in [0.05, 0.1) is 5.56 Å². The lowest BCUT2D eigenvalue weighted by Gasteiger charge is -1.99. The Kier molecular flexibility index (Phi) is 1.89. The van der Waals surface area contributed by atoms with Gasteiger partial charge in [0.2, 0.25) is 0 Å². The van der Waals surface area contributed by atoms with Gasteiger partial charge in [0, 0.05) is 18.4 Å². The Hall–Kier alpha value is -1.97. The molecule has 1 heterocycles. The Morgan fingerprint density at radius 2 is 2.06 bits per heavy atom. The molecule has 0 aliphatic heterocycles. The average Bonchev–Trinajstić information content (AvgIpc) is 2.83. The number of carbonyl (C=O) groups excluding carboxylic acids is 1. The molecule has 3 nitrogen and oxygen atoms in total. The van der Waals surface area contributed by atoms with Crippen molar-refractivity contribution in [3.05, 3.63) is 41.4 Å². The molecular formula is C12H8FNO2. The molecule has 0 unspecified atom stereocenters. The van der Waals surface area contributed by atoms with Crippen molar-refractivity contribution in [1.82, 2.24) is 5.16 Å². The monoisotopic (exact) mass is 217 g/mol. The number of aryl methyl sites for hydroxylation is 1. The molecule has 0 spiro atoms. The van der Waals surface area contributed by atoms with Crippen molar-refractivity contribution in [1.29, 1.82) is 0 Å². The van der Waals surface area contributed by atoms with Gasteiger partial charge in [-0.3, -0.25) is 4.79 Å². The van der Waals surface area contributed by atoms with Crippen molar-refractivity contribution >= 4 is 5.78 Å². The molecule has 0 bridgehead atoms. The summed E-state index contributed by atoms with van der Waals surface area (Å²) in [6.45, 7) is 0. The van der Waals surface area contributed by atoms with Crippen LogP contribution in [0.5, 0.6) is 0 Å². The molecule has 0 amide bonds. The van der Waals surface area contributed by atoms with Crippen molar-refractivity contribution < 1.29 is 13.7 Å². The summed E-state index contributed by atoms with van der Waals surface area (Å²) >= 11 is 0. The van der Waals surface area contributed by atoms with E-state index in [4.69, 9.17) is 4.52 Å². The van der Waals surface area contributed by atoms with E-state index in [-0.39, 0.29) is 5.78 Å². The minimum absolute atomic E-state index is 0.0190. The number of nitrogens with zero attached hydrogens (tertiary/aromatic N) is 1. The van der Waals surface area contributed by atoms with E-state index < -0.39 is 5.82 Å². The van der Waals surface area contributed by atoms with Crippen molar-refractivity contribution in [2.24, 2.45) is 0 Å². The Balaban J connectivity index is 2.22. The van der Waals surface area contributed by atoms with Crippen molar-refractivity contribution in [2.75, 3.05) is 0 Å². The molecule has 0 N–H and O–H groups in total. The first-order valence-corrected chi connectivity index (χ1v) is 5.04. The van der Waals surface area contributed by atoms with Crippen LogP contribution in [0.3, 0.4) is 0 Å². The third kappa shape index (κ3) is 1.19. The fourth-order valence-electron chi connectivity index (χ4n) is 1.97. The number of hydrogen-bond donors (Lipinski definition) is 0. The zero-order valence-corrected chi connectivity index (χ0v) is 8.37. The second kappa shape index (κ2) is 3.27. The third-order valence-electron chi connectivity index (χ3n) is 2.75. The largest absolute Gasteiger partial charge is 0.360 e. The highest BCUT2D eigenvalue weighted by atomic mass is 19.1. The summed E-state index contributed by atoms with van der Waals surface area (Å²) in [6.07, 6.45) is 0.994. The van der Waals surface area contributed by atoms with E-state index in [9.17, 15) is 9.18 Å². The fourth-order valence-corrected chi connectivity index (χ4v) is 1.97. The summed E-state index contributed by atoms with van der Waals surface area (Å²) in [5, 5.41) is 3.78. The van der Waals surface area contributed by atoms with Crippen molar-refractivity contribution in [3.63, 3.8) is 0 Å². The van der Waals surface area contributed by atoms with Gasteiger partial charge in [0.25, 0.3) is 0 Å². The van der Waals surface area contributed by atoms with E-state index in [0.717, 1.165) is 0 Å². The molecule has 0 fully saturated rings. The Morgan fingerprint density at radius 1 is 1.25 bits per heavy atom. The minimum Gasteiger partial charge on any atom is -0.360 e. The summed E-state index contributed by atoms with van der Waals surface area (Å²) in [6, 6.07) is 6.24. The predicted molar refractivity (Wildman–Crippen MR) is 54.5 cm³/mol. The second-order valence-corrected chi connectivity index (χ2v) is 3.73. The summed E-state index contributed by atoms with van der Waals surface area (Å²) < 4.78 is 18.6. The van der Waals surface area contributed by atoms with E-state index in [0.29, 0.717) is 35.4 Å². The van der Waals surface area contributed by atoms with Crippen LogP contribution in [0.15, 0.2) is 28.8 Å². The Labute approximate surface area is 90.9 Å². The van der Waals surface area contributed by atoms with Gasteiger partial charge < -0.3 is 4.52 Å². The van der Waals surface area contributed by atoms with Gasteiger partial charge in [-0.1, -0.05) is 17.3 Å². The molecule has 0 saturated carbocycles. The molecule has 2 aromatic rings.